The van der Waals surface area contributed by atoms with Crippen molar-refractivity contribution in [3.8, 4) is 5.82 Å². The van der Waals surface area contributed by atoms with Crippen LogP contribution in [0.2, 0.25) is 5.02 Å². The van der Waals surface area contributed by atoms with Gasteiger partial charge >= 0.3 is 12.1 Å². The summed E-state index contributed by atoms with van der Waals surface area (Å²) >= 11 is 16.1. The Morgan fingerprint density at radius 2 is 1.91 bits per heavy atom. The van der Waals surface area contributed by atoms with Crippen molar-refractivity contribution in [2.24, 2.45) is 0 Å². The Morgan fingerprint density at radius 3 is 2.58 bits per heavy atom. The van der Waals surface area contributed by atoms with E-state index in [4.69, 9.17) is 16.3 Å². The van der Waals surface area contributed by atoms with Gasteiger partial charge in [0.05, 0.1) is 16.3 Å². The smallest absolute Gasteiger partial charge is 0.371 e. The van der Waals surface area contributed by atoms with Crippen molar-refractivity contribution >= 4 is 83.0 Å². The van der Waals surface area contributed by atoms with Crippen molar-refractivity contribution in [3.63, 3.8) is 0 Å². The summed E-state index contributed by atoms with van der Waals surface area (Å²) in [4.78, 5) is 42.1. The predicted octanol–water partition coefficient (Wildman–Crippen LogP) is 4.80. The standard InChI is InChI=1S/C19H14Br3ClN6O4/c1-24-28(2)19(32)33-18(31)10-6-9(20)7-11(21)15(10)26-17(30)13-8-14(22)27-29(13)16-12(23)4-3-5-25-16/h3-8,24H,1-2H3,(H,26,30). The van der Waals surface area contributed by atoms with Crippen LogP contribution in [-0.4, -0.2) is 51.8 Å². The Bertz CT molecular complexity index is 1250. The third kappa shape index (κ3) is 5.79. The van der Waals surface area contributed by atoms with E-state index < -0.39 is 18.0 Å². The van der Waals surface area contributed by atoms with E-state index in [2.05, 4.69) is 68.6 Å². The summed E-state index contributed by atoms with van der Waals surface area (Å²) in [7, 11) is 2.87. The van der Waals surface area contributed by atoms with Gasteiger partial charge in [-0.2, -0.15) is 5.10 Å². The van der Waals surface area contributed by atoms with E-state index in [1.165, 1.54) is 37.1 Å². The Morgan fingerprint density at radius 1 is 1.18 bits per heavy atom. The van der Waals surface area contributed by atoms with Crippen molar-refractivity contribution < 1.29 is 19.1 Å². The topological polar surface area (TPSA) is 118 Å². The lowest BCUT2D eigenvalue weighted by atomic mass is 10.1. The van der Waals surface area contributed by atoms with Crippen LogP contribution in [-0.2, 0) is 4.74 Å². The molecular formula is C19H14Br3ClN6O4. The van der Waals surface area contributed by atoms with E-state index in [1.807, 2.05) is 0 Å². The fourth-order valence-corrected chi connectivity index (χ4v) is 4.44. The van der Waals surface area contributed by atoms with Gasteiger partial charge in [0.15, 0.2) is 5.82 Å². The van der Waals surface area contributed by atoms with E-state index in [1.54, 1.807) is 18.2 Å². The molecule has 0 radical (unpaired) electrons. The van der Waals surface area contributed by atoms with Crippen LogP contribution in [0.15, 0.2) is 50.1 Å². The zero-order chi connectivity index (χ0) is 24.3. The molecule has 1 aromatic carbocycles. The molecule has 0 saturated heterocycles. The molecule has 172 valence electrons. The number of benzene rings is 1. The van der Waals surface area contributed by atoms with E-state index in [0.29, 0.717) is 13.5 Å². The summed E-state index contributed by atoms with van der Waals surface area (Å²) in [6.07, 6.45) is 0.583. The monoisotopic (exact) mass is 662 g/mol. The molecule has 0 saturated carbocycles. The Labute approximate surface area is 218 Å². The number of carbonyl (C=O) groups excluding carboxylic acids is 3. The molecule has 0 fully saturated rings. The molecule has 2 amide bonds. The van der Waals surface area contributed by atoms with Gasteiger partial charge in [0.1, 0.15) is 10.3 Å². The number of halogens is 4. The molecule has 0 aliphatic rings. The summed E-state index contributed by atoms with van der Waals surface area (Å²) in [6.45, 7) is 0. The van der Waals surface area contributed by atoms with E-state index >= 15 is 0 Å². The molecular weight excluding hydrogens is 651 g/mol. The molecule has 3 rings (SSSR count). The second-order valence-corrected chi connectivity index (χ2v) is 9.26. The Hall–Kier alpha value is -2.32. The molecule has 10 nitrogen and oxygen atoms in total. The Balaban J connectivity index is 1.98. The molecule has 0 unspecified atom stereocenters. The van der Waals surface area contributed by atoms with Gasteiger partial charge < -0.3 is 10.1 Å². The van der Waals surface area contributed by atoms with E-state index in [-0.39, 0.29) is 27.8 Å². The van der Waals surface area contributed by atoms with Gasteiger partial charge in [0.25, 0.3) is 5.91 Å². The van der Waals surface area contributed by atoms with Crippen LogP contribution in [0.4, 0.5) is 10.5 Å². The summed E-state index contributed by atoms with van der Waals surface area (Å²) in [6, 6.07) is 7.76. The number of aromatic nitrogens is 3. The molecule has 0 atom stereocenters. The first-order valence-electron chi connectivity index (χ1n) is 8.96. The van der Waals surface area contributed by atoms with Crippen LogP contribution >= 0.6 is 59.4 Å². The number of hydrogen-bond donors (Lipinski definition) is 2. The number of hydrogen-bond acceptors (Lipinski definition) is 7. The second kappa shape index (κ2) is 10.7. The number of carbonyl (C=O) groups is 3. The van der Waals surface area contributed by atoms with Crippen molar-refractivity contribution in [1.82, 2.24) is 25.2 Å². The highest BCUT2D eigenvalue weighted by atomic mass is 79.9. The number of nitrogens with zero attached hydrogens (tertiary/aromatic N) is 4. The fourth-order valence-electron chi connectivity index (χ4n) is 2.54. The highest BCUT2D eigenvalue weighted by Crippen LogP contribution is 2.32. The third-order valence-corrected chi connectivity index (χ3v) is 5.92. The van der Waals surface area contributed by atoms with Gasteiger partial charge in [-0.15, -0.1) is 0 Å². The van der Waals surface area contributed by atoms with Crippen molar-refractivity contribution in [2.45, 2.75) is 0 Å². The third-order valence-electron chi connectivity index (χ3n) is 4.15. The van der Waals surface area contributed by atoms with E-state index in [9.17, 15) is 14.4 Å². The molecule has 0 bridgehead atoms. The normalized spacial score (nSPS) is 10.6. The number of esters is 1. The van der Waals surface area contributed by atoms with Gasteiger partial charge in [0.2, 0.25) is 0 Å². The zero-order valence-electron chi connectivity index (χ0n) is 16.9. The van der Waals surface area contributed by atoms with Gasteiger partial charge in [0, 0.05) is 35.3 Å². The minimum absolute atomic E-state index is 0.0662. The SMILES string of the molecule is CNN(C)C(=O)OC(=O)c1cc(Br)cc(Br)c1NC(=O)c1cc(Br)nn1-c1ncccc1Cl. The number of anilines is 1. The number of nitrogens with one attached hydrogen (secondary N) is 2. The lowest BCUT2D eigenvalue weighted by Gasteiger charge is -2.16. The maximum absolute atomic E-state index is 13.2. The first-order valence-corrected chi connectivity index (χ1v) is 11.7. The lowest BCUT2D eigenvalue weighted by Crippen LogP contribution is -2.38. The highest BCUT2D eigenvalue weighted by molar-refractivity contribution is 9.11. The minimum atomic E-state index is -0.971. The summed E-state index contributed by atoms with van der Waals surface area (Å²) < 4.78 is 7.39. The number of pyridine rings is 1. The zero-order valence-corrected chi connectivity index (χ0v) is 22.4. The van der Waals surface area contributed by atoms with Crippen LogP contribution < -0.4 is 10.7 Å². The molecule has 33 heavy (non-hydrogen) atoms. The van der Waals surface area contributed by atoms with Crippen LogP contribution in [0, 0.1) is 0 Å². The maximum Gasteiger partial charge on any atom is 0.431 e. The summed E-state index contributed by atoms with van der Waals surface area (Å²) in [5, 5.41) is 8.15. The highest BCUT2D eigenvalue weighted by Gasteiger charge is 2.25. The van der Waals surface area contributed by atoms with Crippen molar-refractivity contribution in [2.75, 3.05) is 19.4 Å². The molecule has 3 aromatic rings. The second-order valence-electron chi connectivity index (χ2n) is 6.28. The first-order chi connectivity index (χ1) is 15.6. The summed E-state index contributed by atoms with van der Waals surface area (Å²) in [5.74, 6) is -1.35. The molecule has 0 aliphatic heterocycles. The molecule has 0 aliphatic carbocycles. The van der Waals surface area contributed by atoms with Crippen molar-refractivity contribution in [3.05, 3.63) is 66.4 Å². The predicted molar refractivity (Wildman–Crippen MR) is 131 cm³/mol. The maximum atomic E-state index is 13.2. The molecule has 14 heteroatoms. The Kier molecular flexibility index (Phi) is 8.23. The molecule has 2 N–H and O–H groups in total. The minimum Gasteiger partial charge on any atom is -0.371 e. The van der Waals surface area contributed by atoms with E-state index in [0.717, 1.165) is 5.01 Å². The first kappa shape index (κ1) is 25.3. The largest absolute Gasteiger partial charge is 0.431 e. The fraction of sp³-hybridized carbons (Fsp3) is 0.105. The number of amides is 2. The van der Waals surface area contributed by atoms with Crippen LogP contribution in [0.5, 0.6) is 0 Å². The van der Waals surface area contributed by atoms with Gasteiger partial charge in [-0.3, -0.25) is 4.79 Å². The van der Waals surface area contributed by atoms with Gasteiger partial charge in [-0.05, 0) is 56.1 Å². The lowest BCUT2D eigenvalue weighted by molar-refractivity contribution is 0.0532. The number of ether oxygens (including phenoxy) is 1. The molecule has 2 aromatic heterocycles. The molecule has 0 spiro atoms. The molecule has 2 heterocycles. The van der Waals surface area contributed by atoms with Crippen LogP contribution in [0.3, 0.4) is 0 Å². The number of hydrazine groups is 1. The van der Waals surface area contributed by atoms with Gasteiger partial charge in [-0.1, -0.05) is 27.5 Å². The van der Waals surface area contributed by atoms with Crippen LogP contribution in [0.1, 0.15) is 20.8 Å². The van der Waals surface area contributed by atoms with Gasteiger partial charge in [-0.25, -0.2) is 29.7 Å². The quantitative estimate of drug-likeness (QED) is 0.228. The summed E-state index contributed by atoms with van der Waals surface area (Å²) in [5.41, 5.74) is 2.64. The number of rotatable bonds is 5. The average Bonchev–Trinajstić information content (AvgIpc) is 3.16. The van der Waals surface area contributed by atoms with Crippen LogP contribution in [0.25, 0.3) is 5.82 Å². The average molecular weight is 666 g/mol. The van der Waals surface area contributed by atoms with Crippen molar-refractivity contribution in [1.29, 1.82) is 0 Å².